The van der Waals surface area contributed by atoms with E-state index in [2.05, 4.69) is 27.7 Å². The Bertz CT molecular complexity index is 1140. The predicted molar refractivity (Wildman–Crippen MR) is 153 cm³/mol. The maximum absolute atomic E-state index is 13.3. The van der Waals surface area contributed by atoms with Crippen LogP contribution in [0.3, 0.4) is 0 Å². The third-order valence-corrected chi connectivity index (χ3v) is 8.19. The molecule has 0 radical (unpaired) electrons. The fourth-order valence-electron chi connectivity index (χ4n) is 5.43. The van der Waals surface area contributed by atoms with Crippen LogP contribution >= 0.6 is 0 Å². The molecular weight excluding hydrogens is 508 g/mol. The molecule has 1 aliphatic carbocycles. The molecule has 2 fully saturated rings. The standard InChI is InChI=1S/C31H42N4O5/c36-29(37)27(34-30(38)31(21-39-22-31)24-8-2-1-3-9-24)15-18-35(19-20-40-26-13-14-26)17-5-4-10-25-12-11-23-7-6-16-32-28(23)33-25/h1-3,8-9,11-12,26-27H,4-7,10,13-22H2,(H,32,33)(H,34,38)(H,36,37)/t27-/m0/s1. The fraction of sp³-hybridized carbons (Fsp3) is 0.581. The van der Waals surface area contributed by atoms with Gasteiger partial charge in [-0.15, -0.1) is 0 Å². The van der Waals surface area contributed by atoms with E-state index in [0.717, 1.165) is 81.7 Å². The van der Waals surface area contributed by atoms with Crippen LogP contribution in [0.5, 0.6) is 0 Å². The maximum Gasteiger partial charge on any atom is 0.326 e. The van der Waals surface area contributed by atoms with Crippen molar-refractivity contribution in [2.75, 3.05) is 51.3 Å². The number of fused-ring (bicyclic) bond motifs is 1. The summed E-state index contributed by atoms with van der Waals surface area (Å²) < 4.78 is 11.3. The molecule has 1 aromatic carbocycles. The van der Waals surface area contributed by atoms with E-state index in [-0.39, 0.29) is 19.1 Å². The van der Waals surface area contributed by atoms with E-state index in [1.807, 2.05) is 30.3 Å². The first-order valence-corrected chi connectivity index (χ1v) is 14.8. The highest BCUT2D eigenvalue weighted by Gasteiger charge is 2.48. The molecule has 3 heterocycles. The molecule has 0 unspecified atom stereocenters. The first-order chi connectivity index (χ1) is 19.5. The normalized spacial score (nSPS) is 18.3. The molecule has 1 atom stereocenters. The Balaban J connectivity index is 1.12. The summed E-state index contributed by atoms with van der Waals surface area (Å²) >= 11 is 0. The summed E-state index contributed by atoms with van der Waals surface area (Å²) in [6, 6.07) is 12.8. The quantitative estimate of drug-likeness (QED) is 0.273. The summed E-state index contributed by atoms with van der Waals surface area (Å²) in [5.74, 6) is -0.266. The molecule has 1 aromatic heterocycles. The van der Waals surface area contributed by atoms with E-state index in [1.165, 1.54) is 5.56 Å². The van der Waals surface area contributed by atoms with Crippen molar-refractivity contribution in [3.8, 4) is 0 Å². The highest BCUT2D eigenvalue weighted by molar-refractivity contribution is 5.92. The van der Waals surface area contributed by atoms with E-state index in [9.17, 15) is 14.7 Å². The Morgan fingerprint density at radius 2 is 1.95 bits per heavy atom. The van der Waals surface area contributed by atoms with Gasteiger partial charge < -0.3 is 30.1 Å². The van der Waals surface area contributed by atoms with Crippen LogP contribution in [0, 0.1) is 0 Å². The van der Waals surface area contributed by atoms with Gasteiger partial charge in [0.1, 0.15) is 17.3 Å². The Labute approximate surface area is 236 Å². The zero-order chi connectivity index (χ0) is 27.8. The van der Waals surface area contributed by atoms with Crippen LogP contribution in [-0.4, -0.2) is 85.0 Å². The van der Waals surface area contributed by atoms with Crippen molar-refractivity contribution in [1.82, 2.24) is 15.2 Å². The number of rotatable bonds is 16. The summed E-state index contributed by atoms with van der Waals surface area (Å²) in [6.07, 6.45) is 8.11. The van der Waals surface area contributed by atoms with Crippen molar-refractivity contribution < 1.29 is 24.2 Å². The van der Waals surface area contributed by atoms with Crippen molar-refractivity contribution >= 4 is 17.7 Å². The molecule has 216 valence electrons. The van der Waals surface area contributed by atoms with E-state index in [0.29, 0.717) is 25.7 Å². The number of hydrogen-bond acceptors (Lipinski definition) is 7. The summed E-state index contributed by atoms with van der Waals surface area (Å²) in [6.45, 7) is 4.31. The zero-order valence-corrected chi connectivity index (χ0v) is 23.3. The van der Waals surface area contributed by atoms with Gasteiger partial charge in [0.15, 0.2) is 0 Å². The zero-order valence-electron chi connectivity index (χ0n) is 23.3. The van der Waals surface area contributed by atoms with Gasteiger partial charge in [0.25, 0.3) is 0 Å². The van der Waals surface area contributed by atoms with Crippen LogP contribution in [0.4, 0.5) is 5.82 Å². The Kier molecular flexibility index (Phi) is 9.67. The maximum atomic E-state index is 13.3. The van der Waals surface area contributed by atoms with E-state index >= 15 is 0 Å². The highest BCUT2D eigenvalue weighted by Crippen LogP contribution is 2.33. The molecule has 3 N–H and O–H groups in total. The number of aliphatic carboxylic acids is 1. The van der Waals surface area contributed by atoms with Gasteiger partial charge in [-0.25, -0.2) is 9.78 Å². The van der Waals surface area contributed by atoms with Gasteiger partial charge in [0.2, 0.25) is 5.91 Å². The largest absolute Gasteiger partial charge is 0.480 e. The third kappa shape index (κ3) is 7.38. The van der Waals surface area contributed by atoms with Gasteiger partial charge in [-0.2, -0.15) is 0 Å². The number of aromatic nitrogens is 1. The number of ether oxygens (including phenoxy) is 2. The summed E-state index contributed by atoms with van der Waals surface area (Å²) in [5, 5.41) is 16.2. The minimum absolute atomic E-state index is 0.259. The van der Waals surface area contributed by atoms with Crippen molar-refractivity contribution in [2.24, 2.45) is 0 Å². The Hall–Kier alpha value is -3.01. The molecule has 1 amide bonds. The van der Waals surface area contributed by atoms with Crippen molar-refractivity contribution in [1.29, 1.82) is 0 Å². The molecule has 2 aromatic rings. The number of carboxylic acids is 1. The van der Waals surface area contributed by atoms with Crippen molar-refractivity contribution in [2.45, 2.75) is 68.9 Å². The molecular formula is C31H42N4O5. The van der Waals surface area contributed by atoms with E-state index < -0.39 is 17.4 Å². The van der Waals surface area contributed by atoms with Gasteiger partial charge >= 0.3 is 5.97 Å². The first kappa shape index (κ1) is 28.5. The van der Waals surface area contributed by atoms with Crippen LogP contribution in [0.1, 0.15) is 55.3 Å². The van der Waals surface area contributed by atoms with Crippen molar-refractivity contribution in [3.63, 3.8) is 0 Å². The van der Waals surface area contributed by atoms with Gasteiger partial charge in [-0.05, 0) is 75.1 Å². The number of carbonyl (C=O) groups excluding carboxylic acids is 1. The molecule has 5 rings (SSSR count). The van der Waals surface area contributed by atoms with Crippen molar-refractivity contribution in [3.05, 3.63) is 59.3 Å². The second kappa shape index (κ2) is 13.6. The van der Waals surface area contributed by atoms with Crippen LogP contribution in [-0.2, 0) is 37.3 Å². The van der Waals surface area contributed by atoms with Gasteiger partial charge in [-0.3, -0.25) is 4.79 Å². The number of hydrogen-bond donors (Lipinski definition) is 3. The van der Waals surface area contributed by atoms with E-state index in [4.69, 9.17) is 14.5 Å². The van der Waals surface area contributed by atoms with Crippen LogP contribution < -0.4 is 10.6 Å². The van der Waals surface area contributed by atoms with Gasteiger partial charge in [-0.1, -0.05) is 36.4 Å². The number of carboxylic acid groups (broad SMARTS) is 1. The molecule has 1 saturated heterocycles. The Morgan fingerprint density at radius 3 is 2.67 bits per heavy atom. The summed E-state index contributed by atoms with van der Waals surface area (Å²) in [7, 11) is 0. The predicted octanol–water partition coefficient (Wildman–Crippen LogP) is 3.17. The number of aryl methyl sites for hydroxylation is 2. The SMILES string of the molecule is O=C(O)[C@H](CCN(CCCCc1ccc2c(n1)NCCC2)CCOC1CC1)NC(=O)C1(c2ccccc2)COC1. The summed E-state index contributed by atoms with van der Waals surface area (Å²) in [4.78, 5) is 32.5. The smallest absolute Gasteiger partial charge is 0.326 e. The van der Waals surface area contributed by atoms with E-state index in [1.54, 1.807) is 0 Å². The number of pyridine rings is 1. The number of anilines is 1. The molecule has 40 heavy (non-hydrogen) atoms. The molecule has 9 heteroatoms. The average molecular weight is 551 g/mol. The molecule has 0 spiro atoms. The monoisotopic (exact) mass is 550 g/mol. The average Bonchev–Trinajstić information content (AvgIpc) is 3.77. The molecule has 9 nitrogen and oxygen atoms in total. The van der Waals surface area contributed by atoms with Gasteiger partial charge in [0, 0.05) is 25.3 Å². The van der Waals surface area contributed by atoms with Crippen LogP contribution in [0.2, 0.25) is 0 Å². The minimum Gasteiger partial charge on any atom is -0.480 e. The lowest BCUT2D eigenvalue weighted by molar-refractivity contribution is -0.151. The second-order valence-corrected chi connectivity index (χ2v) is 11.3. The second-order valence-electron chi connectivity index (χ2n) is 11.3. The number of nitrogens with zero attached hydrogens (tertiary/aromatic N) is 2. The first-order valence-electron chi connectivity index (χ1n) is 14.8. The lowest BCUT2D eigenvalue weighted by atomic mass is 9.77. The Morgan fingerprint density at radius 1 is 1.12 bits per heavy atom. The molecule has 1 saturated carbocycles. The lowest BCUT2D eigenvalue weighted by Crippen LogP contribution is -2.60. The fourth-order valence-corrected chi connectivity index (χ4v) is 5.43. The van der Waals surface area contributed by atoms with Crippen LogP contribution in [0.15, 0.2) is 42.5 Å². The molecule has 0 bridgehead atoms. The number of nitrogens with one attached hydrogen (secondary N) is 2. The topological polar surface area (TPSA) is 113 Å². The highest BCUT2D eigenvalue weighted by atomic mass is 16.5. The molecule has 2 aliphatic heterocycles. The number of unbranched alkanes of at least 4 members (excludes halogenated alkanes) is 1. The summed E-state index contributed by atoms with van der Waals surface area (Å²) in [5.41, 5.74) is 2.44. The number of carbonyl (C=O) groups is 2. The third-order valence-electron chi connectivity index (χ3n) is 8.19. The van der Waals surface area contributed by atoms with Crippen LogP contribution in [0.25, 0.3) is 0 Å². The minimum atomic E-state index is -1.02. The van der Waals surface area contributed by atoms with Gasteiger partial charge in [0.05, 0.1) is 25.9 Å². The number of amides is 1. The lowest BCUT2D eigenvalue weighted by Gasteiger charge is -2.41. The number of benzene rings is 1. The molecule has 3 aliphatic rings.